The minimum atomic E-state index is -1.09. The van der Waals surface area contributed by atoms with Crippen molar-refractivity contribution in [2.24, 2.45) is 0 Å². The topological polar surface area (TPSA) is 85.4 Å². The minimum absolute atomic E-state index is 0.169. The Balaban J connectivity index is 1.61. The second kappa shape index (κ2) is 8.53. The summed E-state index contributed by atoms with van der Waals surface area (Å²) in [5.41, 5.74) is 3.07. The lowest BCUT2D eigenvalue weighted by molar-refractivity contribution is -0.139. The van der Waals surface area contributed by atoms with Crippen molar-refractivity contribution in [1.82, 2.24) is 10.3 Å². The highest BCUT2D eigenvalue weighted by atomic mass is 16.4. The first-order valence-corrected chi connectivity index (χ1v) is 9.62. The molecule has 2 amide bonds. The van der Waals surface area contributed by atoms with Crippen molar-refractivity contribution in [3.05, 3.63) is 96.7 Å². The summed E-state index contributed by atoms with van der Waals surface area (Å²) in [7, 11) is 0. The predicted octanol–water partition coefficient (Wildman–Crippen LogP) is 4.71. The van der Waals surface area contributed by atoms with Gasteiger partial charge in [0.25, 0.3) is 0 Å². The van der Waals surface area contributed by atoms with Gasteiger partial charge in [0.05, 0.1) is 11.4 Å². The number of carbonyl (C=O) groups is 2. The number of carbonyl (C=O) groups excluding carboxylic acids is 1. The highest BCUT2D eigenvalue weighted by Gasteiger charge is 2.26. The van der Waals surface area contributed by atoms with E-state index in [-0.39, 0.29) is 6.42 Å². The van der Waals surface area contributed by atoms with Crippen molar-refractivity contribution in [2.45, 2.75) is 12.5 Å². The molecule has 0 radical (unpaired) electrons. The first-order chi connectivity index (χ1) is 14.6. The number of urea groups is 1. The molecule has 3 aromatic carbocycles. The Morgan fingerprint density at radius 2 is 1.43 bits per heavy atom. The molecule has 30 heavy (non-hydrogen) atoms. The zero-order valence-electron chi connectivity index (χ0n) is 16.2. The van der Waals surface area contributed by atoms with E-state index < -0.39 is 18.0 Å². The van der Waals surface area contributed by atoms with Gasteiger partial charge in [-0.05, 0) is 35.9 Å². The van der Waals surface area contributed by atoms with E-state index in [4.69, 9.17) is 0 Å². The Morgan fingerprint density at radius 1 is 0.867 bits per heavy atom. The maximum Gasteiger partial charge on any atom is 0.327 e. The molecule has 6 nitrogen and oxygen atoms in total. The van der Waals surface area contributed by atoms with Crippen LogP contribution in [0.5, 0.6) is 0 Å². The summed E-state index contributed by atoms with van der Waals surface area (Å²) in [6, 6.07) is 24.4. The van der Waals surface area contributed by atoms with Gasteiger partial charge in [0.15, 0.2) is 0 Å². The molecule has 0 aliphatic rings. The molecule has 6 heteroatoms. The SMILES string of the molecule is O=C(O)[C@@H](Cc1c[nH]c2ccccc12)NC(=O)N(c1ccccc1)c1ccccc1. The fourth-order valence-electron chi connectivity index (χ4n) is 3.47. The molecule has 0 bridgehead atoms. The van der Waals surface area contributed by atoms with E-state index >= 15 is 0 Å². The van der Waals surface area contributed by atoms with E-state index in [0.29, 0.717) is 11.4 Å². The van der Waals surface area contributed by atoms with E-state index in [1.165, 1.54) is 4.90 Å². The van der Waals surface area contributed by atoms with Crippen molar-refractivity contribution in [3.8, 4) is 0 Å². The molecule has 0 saturated carbocycles. The van der Waals surface area contributed by atoms with Crippen LogP contribution in [0, 0.1) is 0 Å². The molecule has 4 rings (SSSR count). The Kier molecular flexibility index (Phi) is 5.48. The highest BCUT2D eigenvalue weighted by Crippen LogP contribution is 2.25. The maximum atomic E-state index is 13.2. The zero-order valence-corrected chi connectivity index (χ0v) is 16.2. The van der Waals surface area contributed by atoms with Crippen LogP contribution in [0.25, 0.3) is 10.9 Å². The van der Waals surface area contributed by atoms with E-state index in [1.807, 2.05) is 84.9 Å². The van der Waals surface area contributed by atoms with Crippen LogP contribution in [0.3, 0.4) is 0 Å². The standard InChI is InChI=1S/C24H21N3O3/c28-23(29)22(15-17-16-25-21-14-8-7-13-20(17)21)26-24(30)27(18-9-3-1-4-10-18)19-11-5-2-6-12-19/h1-14,16,22,25H,15H2,(H,26,30)(H,28,29)/t22-/m1/s1. The molecule has 0 spiro atoms. The van der Waals surface area contributed by atoms with Crippen LogP contribution >= 0.6 is 0 Å². The van der Waals surface area contributed by atoms with Crippen LogP contribution in [0.15, 0.2) is 91.1 Å². The van der Waals surface area contributed by atoms with Gasteiger partial charge in [-0.25, -0.2) is 9.59 Å². The first kappa shape index (κ1) is 19.3. The lowest BCUT2D eigenvalue weighted by Crippen LogP contribution is -2.47. The monoisotopic (exact) mass is 399 g/mol. The number of carboxylic acids is 1. The third-order valence-corrected chi connectivity index (χ3v) is 4.93. The number of rotatable bonds is 6. The number of hydrogen-bond donors (Lipinski definition) is 3. The van der Waals surface area contributed by atoms with Gasteiger partial charge in [-0.1, -0.05) is 54.6 Å². The molecule has 1 heterocycles. The molecule has 4 aromatic rings. The van der Waals surface area contributed by atoms with Crippen LogP contribution in [-0.2, 0) is 11.2 Å². The fraction of sp³-hybridized carbons (Fsp3) is 0.0833. The number of nitrogens with zero attached hydrogens (tertiary/aromatic N) is 1. The lowest BCUT2D eigenvalue weighted by Gasteiger charge is -2.25. The Hall–Kier alpha value is -4.06. The van der Waals surface area contributed by atoms with Gasteiger partial charge in [-0.2, -0.15) is 0 Å². The van der Waals surface area contributed by atoms with Gasteiger partial charge in [0, 0.05) is 23.5 Å². The number of benzene rings is 3. The van der Waals surface area contributed by atoms with E-state index in [0.717, 1.165) is 16.5 Å². The second-order valence-electron chi connectivity index (χ2n) is 6.91. The number of aromatic amines is 1. The molecule has 3 N–H and O–H groups in total. The zero-order chi connectivity index (χ0) is 20.9. The number of H-pyrrole nitrogens is 1. The summed E-state index contributed by atoms with van der Waals surface area (Å²) in [6.07, 6.45) is 1.96. The number of fused-ring (bicyclic) bond motifs is 1. The van der Waals surface area contributed by atoms with E-state index in [1.54, 1.807) is 6.20 Å². The van der Waals surface area contributed by atoms with Crippen molar-refractivity contribution < 1.29 is 14.7 Å². The highest BCUT2D eigenvalue weighted by molar-refractivity contribution is 6.01. The third-order valence-electron chi connectivity index (χ3n) is 4.93. The maximum absolute atomic E-state index is 13.2. The van der Waals surface area contributed by atoms with Crippen molar-refractivity contribution in [1.29, 1.82) is 0 Å². The number of amides is 2. The van der Waals surface area contributed by atoms with Crippen LogP contribution in [0.2, 0.25) is 0 Å². The van der Waals surface area contributed by atoms with Crippen LogP contribution in [0.4, 0.5) is 16.2 Å². The molecule has 1 atom stereocenters. The number of para-hydroxylation sites is 3. The summed E-state index contributed by atoms with van der Waals surface area (Å²) >= 11 is 0. The Bertz CT molecular complexity index is 1120. The summed E-state index contributed by atoms with van der Waals surface area (Å²) < 4.78 is 0. The van der Waals surface area contributed by atoms with Crippen molar-refractivity contribution in [2.75, 3.05) is 4.90 Å². The van der Waals surface area contributed by atoms with Gasteiger partial charge in [0.1, 0.15) is 6.04 Å². The lowest BCUT2D eigenvalue weighted by atomic mass is 10.1. The molecule has 150 valence electrons. The van der Waals surface area contributed by atoms with Crippen molar-refractivity contribution in [3.63, 3.8) is 0 Å². The summed E-state index contributed by atoms with van der Waals surface area (Å²) in [5, 5.41) is 13.4. The van der Waals surface area contributed by atoms with Crippen molar-refractivity contribution >= 4 is 34.3 Å². The van der Waals surface area contributed by atoms with Gasteiger partial charge in [0.2, 0.25) is 0 Å². The van der Waals surface area contributed by atoms with Crippen LogP contribution in [-0.4, -0.2) is 28.1 Å². The van der Waals surface area contributed by atoms with Gasteiger partial charge in [-0.15, -0.1) is 0 Å². The average molecular weight is 399 g/mol. The smallest absolute Gasteiger partial charge is 0.327 e. The summed E-state index contributed by atoms with van der Waals surface area (Å²) in [4.78, 5) is 29.8. The van der Waals surface area contributed by atoms with E-state index in [2.05, 4.69) is 10.3 Å². The third kappa shape index (κ3) is 4.03. The largest absolute Gasteiger partial charge is 0.480 e. The second-order valence-corrected chi connectivity index (χ2v) is 6.91. The van der Waals surface area contributed by atoms with Gasteiger partial charge >= 0.3 is 12.0 Å². The molecule has 0 aliphatic carbocycles. The normalized spacial score (nSPS) is 11.7. The average Bonchev–Trinajstić information content (AvgIpc) is 3.18. The Labute approximate surface area is 173 Å². The first-order valence-electron chi connectivity index (χ1n) is 9.62. The number of hydrogen-bond acceptors (Lipinski definition) is 2. The molecular formula is C24H21N3O3. The predicted molar refractivity (Wildman–Crippen MR) is 117 cm³/mol. The quantitative estimate of drug-likeness (QED) is 0.439. The fourth-order valence-corrected chi connectivity index (χ4v) is 3.47. The van der Waals surface area contributed by atoms with Crippen LogP contribution < -0.4 is 10.2 Å². The van der Waals surface area contributed by atoms with Crippen LogP contribution in [0.1, 0.15) is 5.56 Å². The Morgan fingerprint density at radius 3 is 2.03 bits per heavy atom. The minimum Gasteiger partial charge on any atom is -0.480 e. The number of aromatic nitrogens is 1. The van der Waals surface area contributed by atoms with Gasteiger partial charge in [-0.3, -0.25) is 4.90 Å². The molecule has 0 fully saturated rings. The summed E-state index contributed by atoms with van der Waals surface area (Å²) in [5.74, 6) is -1.09. The summed E-state index contributed by atoms with van der Waals surface area (Å²) in [6.45, 7) is 0. The number of aliphatic carboxylic acids is 1. The molecule has 0 unspecified atom stereocenters. The molecule has 0 saturated heterocycles. The van der Waals surface area contributed by atoms with Gasteiger partial charge < -0.3 is 15.4 Å². The molecule has 1 aromatic heterocycles. The number of anilines is 2. The number of nitrogens with one attached hydrogen (secondary N) is 2. The molecular weight excluding hydrogens is 378 g/mol. The number of carboxylic acid groups (broad SMARTS) is 1. The molecule has 0 aliphatic heterocycles. The van der Waals surface area contributed by atoms with E-state index in [9.17, 15) is 14.7 Å².